The quantitative estimate of drug-likeness (QED) is 0.488. The number of amides is 1. The van der Waals surface area contributed by atoms with Crippen molar-refractivity contribution in [2.75, 3.05) is 5.32 Å². The average Bonchev–Trinajstić information content (AvgIpc) is 3.34. The Balaban J connectivity index is 1.71. The Labute approximate surface area is 179 Å². The lowest BCUT2D eigenvalue weighted by molar-refractivity contribution is -0.115. The van der Waals surface area contributed by atoms with E-state index in [-0.39, 0.29) is 34.3 Å². The highest BCUT2D eigenvalue weighted by Gasteiger charge is 2.18. The van der Waals surface area contributed by atoms with Crippen molar-refractivity contribution >= 4 is 34.7 Å². The van der Waals surface area contributed by atoms with Gasteiger partial charge in [0.05, 0.1) is 11.3 Å². The van der Waals surface area contributed by atoms with Gasteiger partial charge >= 0.3 is 0 Å². The third-order valence-electron chi connectivity index (χ3n) is 4.21. The van der Waals surface area contributed by atoms with Gasteiger partial charge in [-0.25, -0.2) is 9.37 Å². The summed E-state index contributed by atoms with van der Waals surface area (Å²) in [6.45, 7) is 1.68. The molecule has 0 bridgehead atoms. The van der Waals surface area contributed by atoms with E-state index in [4.69, 9.17) is 11.6 Å². The molecule has 4 rings (SSSR count). The molecule has 152 valence electrons. The number of carbonyl (C=O) groups excluding carboxylic acids is 1. The molecule has 3 heterocycles. The molecule has 0 aliphatic carbocycles. The smallest absolute Gasteiger partial charge is 0.252 e. The molecule has 0 saturated carbocycles. The van der Waals surface area contributed by atoms with Crippen molar-refractivity contribution in [3.05, 3.63) is 80.3 Å². The summed E-state index contributed by atoms with van der Waals surface area (Å²) in [6.07, 6.45) is -0.261. The number of aromatic nitrogens is 4. The Morgan fingerprint density at radius 3 is 2.83 bits per heavy atom. The van der Waals surface area contributed by atoms with Gasteiger partial charge in [0.15, 0.2) is 0 Å². The Bertz CT molecular complexity index is 1260. The van der Waals surface area contributed by atoms with Gasteiger partial charge in [0.25, 0.3) is 5.56 Å². The van der Waals surface area contributed by atoms with Crippen LogP contribution in [0.25, 0.3) is 16.5 Å². The summed E-state index contributed by atoms with van der Waals surface area (Å²) < 4.78 is 15.4. The van der Waals surface area contributed by atoms with Crippen molar-refractivity contribution in [2.45, 2.75) is 13.3 Å². The van der Waals surface area contributed by atoms with Crippen LogP contribution in [0.15, 0.2) is 52.6 Å². The fourth-order valence-electron chi connectivity index (χ4n) is 2.89. The van der Waals surface area contributed by atoms with Crippen LogP contribution in [-0.4, -0.2) is 25.7 Å². The summed E-state index contributed by atoms with van der Waals surface area (Å²) in [5, 5.41) is 9.26. The maximum atomic E-state index is 14.0. The zero-order valence-electron chi connectivity index (χ0n) is 15.6. The second-order valence-corrected chi connectivity index (χ2v) is 7.79. The lowest BCUT2D eigenvalue weighted by Gasteiger charge is -2.09. The monoisotopic (exact) mass is 443 g/mol. The Kier molecular flexibility index (Phi) is 5.47. The van der Waals surface area contributed by atoms with E-state index < -0.39 is 11.7 Å². The van der Waals surface area contributed by atoms with Gasteiger partial charge in [-0.15, -0.1) is 11.3 Å². The van der Waals surface area contributed by atoms with Gasteiger partial charge in [-0.1, -0.05) is 23.7 Å². The summed E-state index contributed by atoms with van der Waals surface area (Å²) in [5.41, 5.74) is 0.843. The van der Waals surface area contributed by atoms with Gasteiger partial charge < -0.3 is 5.32 Å². The SMILES string of the molecule is Cc1cc(=O)[nH]c(-n2nc(-c3cccs3)cc2NC(=O)Cc2c(F)cccc2Cl)n1. The van der Waals surface area contributed by atoms with E-state index in [1.807, 2.05) is 17.5 Å². The summed E-state index contributed by atoms with van der Waals surface area (Å²) in [7, 11) is 0. The lowest BCUT2D eigenvalue weighted by atomic mass is 10.1. The molecular formula is C20H15ClFN5O2S. The highest BCUT2D eigenvalue weighted by atomic mass is 35.5. The fourth-order valence-corrected chi connectivity index (χ4v) is 3.80. The number of hydrogen-bond donors (Lipinski definition) is 2. The zero-order chi connectivity index (χ0) is 21.3. The molecule has 0 unspecified atom stereocenters. The number of H-pyrrole nitrogens is 1. The Morgan fingerprint density at radius 1 is 1.30 bits per heavy atom. The maximum absolute atomic E-state index is 14.0. The first-order valence-corrected chi connectivity index (χ1v) is 10.1. The van der Waals surface area contributed by atoms with E-state index in [2.05, 4.69) is 20.4 Å². The predicted octanol–water partition coefficient (Wildman–Crippen LogP) is 3.97. The van der Waals surface area contributed by atoms with Gasteiger partial charge in [-0.2, -0.15) is 9.78 Å². The maximum Gasteiger partial charge on any atom is 0.252 e. The molecule has 0 fully saturated rings. The number of nitrogens with one attached hydrogen (secondary N) is 2. The van der Waals surface area contributed by atoms with E-state index in [0.717, 1.165) is 4.88 Å². The minimum Gasteiger partial charge on any atom is -0.310 e. The van der Waals surface area contributed by atoms with Crippen LogP contribution in [0.3, 0.4) is 0 Å². The van der Waals surface area contributed by atoms with Gasteiger partial charge in [-0.05, 0) is 30.5 Å². The first-order valence-electron chi connectivity index (χ1n) is 8.86. The standard InChI is InChI=1S/C20H15ClFN5O2S/c1-11-8-18(28)25-20(23-11)27-17(10-15(26-27)16-6-3-7-30-16)24-19(29)9-12-13(21)4-2-5-14(12)22/h2-8,10H,9H2,1H3,(H,24,29)(H,23,25,28). The van der Waals surface area contributed by atoms with Crippen molar-refractivity contribution in [3.63, 3.8) is 0 Å². The number of rotatable bonds is 5. The number of anilines is 1. The highest BCUT2D eigenvalue weighted by molar-refractivity contribution is 7.13. The molecule has 10 heteroatoms. The lowest BCUT2D eigenvalue weighted by Crippen LogP contribution is -2.20. The molecule has 1 aromatic carbocycles. The second kappa shape index (κ2) is 8.21. The third-order valence-corrected chi connectivity index (χ3v) is 5.45. The predicted molar refractivity (Wildman–Crippen MR) is 114 cm³/mol. The van der Waals surface area contributed by atoms with Crippen LogP contribution in [0.4, 0.5) is 10.2 Å². The molecule has 0 saturated heterocycles. The molecule has 1 amide bonds. The molecule has 0 radical (unpaired) electrons. The topological polar surface area (TPSA) is 92.7 Å². The van der Waals surface area contributed by atoms with Crippen LogP contribution >= 0.6 is 22.9 Å². The van der Waals surface area contributed by atoms with Crippen molar-refractivity contribution in [2.24, 2.45) is 0 Å². The summed E-state index contributed by atoms with van der Waals surface area (Å²) in [5.74, 6) is -0.613. The number of nitrogens with zero attached hydrogens (tertiary/aromatic N) is 3. The van der Waals surface area contributed by atoms with E-state index in [9.17, 15) is 14.0 Å². The van der Waals surface area contributed by atoms with Gasteiger partial charge in [0.2, 0.25) is 11.9 Å². The van der Waals surface area contributed by atoms with Crippen molar-refractivity contribution in [3.8, 4) is 16.5 Å². The number of hydrogen-bond acceptors (Lipinski definition) is 5. The van der Waals surface area contributed by atoms with Crippen LogP contribution in [0.1, 0.15) is 11.3 Å². The van der Waals surface area contributed by atoms with E-state index in [0.29, 0.717) is 11.4 Å². The minimum atomic E-state index is -0.560. The third kappa shape index (κ3) is 4.17. The molecular weight excluding hydrogens is 429 g/mol. The number of aryl methyl sites for hydroxylation is 1. The Morgan fingerprint density at radius 2 is 2.13 bits per heavy atom. The molecule has 7 nitrogen and oxygen atoms in total. The largest absolute Gasteiger partial charge is 0.310 e. The molecule has 30 heavy (non-hydrogen) atoms. The number of thiophene rings is 1. The summed E-state index contributed by atoms with van der Waals surface area (Å²) in [6, 6.07) is 11.0. The zero-order valence-corrected chi connectivity index (χ0v) is 17.2. The summed E-state index contributed by atoms with van der Waals surface area (Å²) >= 11 is 7.50. The van der Waals surface area contributed by atoms with Gasteiger partial charge in [0, 0.05) is 28.4 Å². The first-order chi connectivity index (χ1) is 14.4. The van der Waals surface area contributed by atoms with Crippen LogP contribution in [0.2, 0.25) is 5.02 Å². The van der Waals surface area contributed by atoms with Crippen LogP contribution in [0, 0.1) is 12.7 Å². The molecule has 3 aromatic heterocycles. The van der Waals surface area contributed by atoms with E-state index in [1.54, 1.807) is 13.0 Å². The van der Waals surface area contributed by atoms with Crippen LogP contribution in [0.5, 0.6) is 0 Å². The number of benzene rings is 1. The van der Waals surface area contributed by atoms with E-state index >= 15 is 0 Å². The second-order valence-electron chi connectivity index (χ2n) is 6.44. The highest BCUT2D eigenvalue weighted by Crippen LogP contribution is 2.27. The minimum absolute atomic E-state index is 0.100. The van der Waals surface area contributed by atoms with Crippen LogP contribution < -0.4 is 10.9 Å². The normalized spacial score (nSPS) is 10.9. The first kappa shape index (κ1) is 20.0. The molecule has 0 aliphatic rings. The molecule has 0 atom stereocenters. The molecule has 2 N–H and O–H groups in total. The average molecular weight is 444 g/mol. The van der Waals surface area contributed by atoms with E-state index in [1.165, 1.54) is 40.3 Å². The van der Waals surface area contributed by atoms with Crippen LogP contribution in [-0.2, 0) is 11.2 Å². The number of carbonyl (C=O) groups is 1. The molecule has 4 aromatic rings. The molecule has 0 spiro atoms. The molecule has 0 aliphatic heterocycles. The van der Waals surface area contributed by atoms with Crippen molar-refractivity contribution in [1.29, 1.82) is 0 Å². The number of halogens is 2. The van der Waals surface area contributed by atoms with Gasteiger partial charge in [0.1, 0.15) is 17.3 Å². The summed E-state index contributed by atoms with van der Waals surface area (Å²) in [4.78, 5) is 32.3. The fraction of sp³-hybridized carbons (Fsp3) is 0.100. The van der Waals surface area contributed by atoms with Gasteiger partial charge in [-0.3, -0.25) is 14.6 Å². The number of aromatic amines is 1. The van der Waals surface area contributed by atoms with Crippen molar-refractivity contribution in [1.82, 2.24) is 19.7 Å². The Hall–Kier alpha value is -3.30. The van der Waals surface area contributed by atoms with Crippen molar-refractivity contribution < 1.29 is 9.18 Å².